The van der Waals surface area contributed by atoms with E-state index in [-0.39, 0.29) is 5.84 Å². The molecule has 0 saturated heterocycles. The predicted molar refractivity (Wildman–Crippen MR) is 85.5 cm³/mol. The Morgan fingerprint density at radius 1 is 1.25 bits per heavy atom. The fourth-order valence-electron chi connectivity index (χ4n) is 1.88. The van der Waals surface area contributed by atoms with Crippen LogP contribution in [-0.4, -0.2) is 12.1 Å². The number of amidine groups is 1. The molecule has 0 aromatic heterocycles. The van der Waals surface area contributed by atoms with Crippen molar-refractivity contribution < 1.29 is 4.74 Å². The second kappa shape index (κ2) is 6.20. The topological polar surface area (TPSA) is 59.1 Å². The summed E-state index contributed by atoms with van der Waals surface area (Å²) in [6.45, 7) is 1.92. The molecule has 0 spiro atoms. The van der Waals surface area contributed by atoms with E-state index in [0.717, 1.165) is 10.5 Å². The number of hydrogen-bond acceptors (Lipinski definition) is 3. The van der Waals surface area contributed by atoms with Crippen LogP contribution in [0.25, 0.3) is 0 Å². The van der Waals surface area contributed by atoms with Crippen molar-refractivity contribution in [3.63, 3.8) is 0 Å². The lowest BCUT2D eigenvalue weighted by Crippen LogP contribution is -2.13. The average molecular weight is 307 g/mol. The molecule has 0 aliphatic rings. The van der Waals surface area contributed by atoms with Crippen molar-refractivity contribution in [2.24, 2.45) is 5.73 Å². The molecule has 0 aliphatic carbocycles. The van der Waals surface area contributed by atoms with E-state index >= 15 is 0 Å². The van der Waals surface area contributed by atoms with Crippen LogP contribution in [-0.2, 0) is 0 Å². The number of hydrogen-bond donors (Lipinski definition) is 2. The second-order valence-corrected chi connectivity index (χ2v) is 5.54. The van der Waals surface area contributed by atoms with Crippen molar-refractivity contribution >= 4 is 29.2 Å². The highest BCUT2D eigenvalue weighted by atomic mass is 35.5. The summed E-state index contributed by atoms with van der Waals surface area (Å²) in [5.41, 5.74) is 7.23. The van der Waals surface area contributed by atoms with Gasteiger partial charge in [0.05, 0.1) is 5.56 Å². The summed E-state index contributed by atoms with van der Waals surface area (Å²) in [4.78, 5) is 0.918. The molecule has 0 atom stereocenters. The first-order valence-electron chi connectivity index (χ1n) is 5.98. The first-order valence-corrected chi connectivity index (χ1v) is 7.58. The number of nitrogen functional groups attached to an aromatic ring is 1. The molecule has 2 aromatic carbocycles. The highest BCUT2D eigenvalue weighted by molar-refractivity contribution is 7.98. The van der Waals surface area contributed by atoms with Gasteiger partial charge < -0.3 is 10.5 Å². The van der Waals surface area contributed by atoms with Gasteiger partial charge in [-0.1, -0.05) is 17.7 Å². The van der Waals surface area contributed by atoms with Crippen molar-refractivity contribution in [1.29, 1.82) is 5.41 Å². The smallest absolute Gasteiger partial charge is 0.139 e. The van der Waals surface area contributed by atoms with Gasteiger partial charge in [0.25, 0.3) is 0 Å². The van der Waals surface area contributed by atoms with Crippen LogP contribution in [0.15, 0.2) is 41.3 Å². The fraction of sp³-hybridized carbons (Fsp3) is 0.133. The van der Waals surface area contributed by atoms with Gasteiger partial charge in [-0.2, -0.15) is 0 Å². The van der Waals surface area contributed by atoms with Crippen LogP contribution in [0.2, 0.25) is 5.02 Å². The van der Waals surface area contributed by atoms with Gasteiger partial charge in [0.1, 0.15) is 17.3 Å². The zero-order chi connectivity index (χ0) is 14.7. The van der Waals surface area contributed by atoms with Gasteiger partial charge in [-0.15, -0.1) is 11.8 Å². The molecule has 0 fully saturated rings. The van der Waals surface area contributed by atoms with E-state index in [4.69, 9.17) is 27.5 Å². The number of nitrogens with one attached hydrogen (secondary N) is 1. The highest BCUT2D eigenvalue weighted by Crippen LogP contribution is 2.33. The van der Waals surface area contributed by atoms with Crippen LogP contribution in [0.5, 0.6) is 11.5 Å². The molecule has 0 amide bonds. The second-order valence-electron chi connectivity index (χ2n) is 4.26. The Labute approximate surface area is 127 Å². The lowest BCUT2D eigenvalue weighted by molar-refractivity contribution is 0.476. The zero-order valence-corrected chi connectivity index (χ0v) is 12.8. The fourth-order valence-corrected chi connectivity index (χ4v) is 2.73. The summed E-state index contributed by atoms with van der Waals surface area (Å²) in [5, 5.41) is 8.40. The minimum Gasteiger partial charge on any atom is -0.456 e. The summed E-state index contributed by atoms with van der Waals surface area (Å²) >= 11 is 7.47. The molecule has 3 nitrogen and oxygen atoms in total. The predicted octanol–water partition coefficient (Wildman–Crippen LogP) is 4.45. The van der Waals surface area contributed by atoms with Gasteiger partial charge in [0.15, 0.2) is 0 Å². The lowest BCUT2D eigenvalue weighted by Gasteiger charge is -2.14. The maximum Gasteiger partial charge on any atom is 0.139 e. The van der Waals surface area contributed by atoms with Crippen LogP contribution in [0, 0.1) is 12.3 Å². The van der Waals surface area contributed by atoms with E-state index in [2.05, 4.69) is 0 Å². The third-order valence-electron chi connectivity index (χ3n) is 2.83. The molecule has 2 aromatic rings. The standard InChI is InChI=1S/C15H15ClN2OS/c1-9-8-10(16)6-7-11(9)19-12-4-3-5-13(20-2)14(12)15(17)18/h3-8H,1-2H3,(H3,17,18). The molecule has 0 saturated carbocycles. The number of nitrogens with two attached hydrogens (primary N) is 1. The van der Waals surface area contributed by atoms with Gasteiger partial charge in [-0.3, -0.25) is 5.41 Å². The third-order valence-corrected chi connectivity index (χ3v) is 3.85. The quantitative estimate of drug-likeness (QED) is 0.498. The summed E-state index contributed by atoms with van der Waals surface area (Å²) < 4.78 is 5.91. The van der Waals surface area contributed by atoms with E-state index < -0.39 is 0 Å². The molecule has 0 bridgehead atoms. The van der Waals surface area contributed by atoms with Crippen molar-refractivity contribution in [2.45, 2.75) is 11.8 Å². The number of ether oxygens (including phenoxy) is 1. The number of thioether (sulfide) groups is 1. The van der Waals surface area contributed by atoms with E-state index in [1.807, 2.05) is 43.5 Å². The van der Waals surface area contributed by atoms with Crippen LogP contribution in [0.4, 0.5) is 0 Å². The van der Waals surface area contributed by atoms with Crippen LogP contribution < -0.4 is 10.5 Å². The largest absolute Gasteiger partial charge is 0.456 e. The molecule has 2 rings (SSSR count). The Morgan fingerprint density at radius 3 is 2.60 bits per heavy atom. The maximum atomic E-state index is 7.74. The van der Waals surface area contributed by atoms with E-state index in [1.54, 1.807) is 6.07 Å². The monoisotopic (exact) mass is 306 g/mol. The summed E-state index contributed by atoms with van der Waals surface area (Å²) in [7, 11) is 0. The number of rotatable bonds is 4. The SMILES string of the molecule is CSc1cccc(Oc2ccc(Cl)cc2C)c1C(=N)N. The Balaban J connectivity index is 2.45. The third kappa shape index (κ3) is 3.08. The number of aryl methyl sites for hydroxylation is 1. The first-order chi connectivity index (χ1) is 9.52. The molecule has 0 unspecified atom stereocenters. The molecule has 0 aliphatic heterocycles. The van der Waals surface area contributed by atoms with Gasteiger partial charge >= 0.3 is 0 Å². The van der Waals surface area contributed by atoms with Gasteiger partial charge in [-0.25, -0.2) is 0 Å². The number of halogens is 1. The van der Waals surface area contributed by atoms with Crippen LogP contribution in [0.1, 0.15) is 11.1 Å². The van der Waals surface area contributed by atoms with E-state index in [9.17, 15) is 0 Å². The molecular formula is C15H15ClN2OS. The summed E-state index contributed by atoms with van der Waals surface area (Å²) in [5.74, 6) is 1.28. The zero-order valence-electron chi connectivity index (χ0n) is 11.2. The number of benzene rings is 2. The van der Waals surface area contributed by atoms with Crippen LogP contribution in [0.3, 0.4) is 0 Å². The molecule has 0 radical (unpaired) electrons. The Bertz CT molecular complexity index is 658. The Kier molecular flexibility index (Phi) is 4.57. The lowest BCUT2D eigenvalue weighted by atomic mass is 10.1. The molecule has 20 heavy (non-hydrogen) atoms. The molecular weight excluding hydrogens is 292 g/mol. The van der Waals surface area contributed by atoms with Crippen molar-refractivity contribution in [3.8, 4) is 11.5 Å². The van der Waals surface area contributed by atoms with Crippen molar-refractivity contribution in [2.75, 3.05) is 6.26 Å². The Hall–Kier alpha value is -1.65. The van der Waals surface area contributed by atoms with Gasteiger partial charge in [0, 0.05) is 9.92 Å². The van der Waals surface area contributed by atoms with Crippen LogP contribution >= 0.6 is 23.4 Å². The van der Waals surface area contributed by atoms with E-state index in [0.29, 0.717) is 22.1 Å². The van der Waals surface area contributed by atoms with E-state index in [1.165, 1.54) is 11.8 Å². The average Bonchev–Trinajstić information content (AvgIpc) is 2.41. The molecule has 5 heteroatoms. The highest BCUT2D eigenvalue weighted by Gasteiger charge is 2.13. The minimum atomic E-state index is -0.00318. The summed E-state index contributed by atoms with van der Waals surface area (Å²) in [6.07, 6.45) is 1.94. The molecule has 0 heterocycles. The maximum absolute atomic E-state index is 7.74. The normalized spacial score (nSPS) is 10.3. The van der Waals surface area contributed by atoms with Gasteiger partial charge in [-0.05, 0) is 49.1 Å². The van der Waals surface area contributed by atoms with Crippen molar-refractivity contribution in [1.82, 2.24) is 0 Å². The Morgan fingerprint density at radius 2 is 2.00 bits per heavy atom. The van der Waals surface area contributed by atoms with Crippen molar-refractivity contribution in [3.05, 3.63) is 52.5 Å². The first kappa shape index (κ1) is 14.8. The molecule has 3 N–H and O–H groups in total. The molecule has 104 valence electrons. The minimum absolute atomic E-state index is 0.00318. The summed E-state index contributed by atoms with van der Waals surface area (Å²) in [6, 6.07) is 11.0. The van der Waals surface area contributed by atoms with Gasteiger partial charge in [0.2, 0.25) is 0 Å².